The third-order valence-electron chi connectivity index (χ3n) is 6.32. The summed E-state index contributed by atoms with van der Waals surface area (Å²) in [5.41, 5.74) is -0.616. The van der Waals surface area contributed by atoms with Crippen molar-refractivity contribution in [2.75, 3.05) is 13.2 Å². The molecule has 0 amide bonds. The molecule has 4 rings (SSSR count). The fraction of sp³-hybridized carbons (Fsp3) is 0.333. The van der Waals surface area contributed by atoms with Gasteiger partial charge in [0.2, 0.25) is 0 Å². The molecule has 1 fully saturated rings. The molecular formula is C27H30O5. The number of rotatable bonds is 9. The molecule has 4 atom stereocenters. The van der Waals surface area contributed by atoms with Crippen molar-refractivity contribution in [1.29, 1.82) is 0 Å². The minimum atomic E-state index is -1.69. The Hall–Kier alpha value is -2.54. The second-order valence-corrected chi connectivity index (χ2v) is 8.47. The van der Waals surface area contributed by atoms with Crippen molar-refractivity contribution in [2.45, 2.75) is 42.9 Å². The number of benzene rings is 3. The van der Waals surface area contributed by atoms with E-state index in [4.69, 9.17) is 9.47 Å². The summed E-state index contributed by atoms with van der Waals surface area (Å²) >= 11 is 0. The fourth-order valence-electron chi connectivity index (χ4n) is 4.56. The van der Waals surface area contributed by atoms with Crippen LogP contribution in [0.25, 0.3) is 0 Å². The summed E-state index contributed by atoms with van der Waals surface area (Å²) in [5.74, 6) is 0. The van der Waals surface area contributed by atoms with Gasteiger partial charge in [0.15, 0.2) is 0 Å². The molecule has 3 N–H and O–H groups in total. The summed E-state index contributed by atoms with van der Waals surface area (Å²) in [6.45, 7) is 0.0461. The van der Waals surface area contributed by atoms with E-state index in [0.717, 1.165) is 16.7 Å². The Morgan fingerprint density at radius 2 is 1.09 bits per heavy atom. The zero-order chi connectivity index (χ0) is 22.4. The number of ether oxygens (including phenoxy) is 2. The number of aliphatic hydroxyl groups is 3. The quantitative estimate of drug-likeness (QED) is 0.483. The van der Waals surface area contributed by atoms with Gasteiger partial charge in [-0.05, 0) is 16.7 Å². The molecule has 0 aromatic heterocycles. The zero-order valence-corrected chi connectivity index (χ0v) is 18.0. The Labute approximate surface area is 188 Å². The van der Waals surface area contributed by atoms with Gasteiger partial charge in [-0.3, -0.25) is 0 Å². The van der Waals surface area contributed by atoms with E-state index >= 15 is 0 Å². The van der Waals surface area contributed by atoms with Crippen LogP contribution in [0.1, 0.15) is 16.7 Å². The van der Waals surface area contributed by atoms with Crippen molar-refractivity contribution in [1.82, 2.24) is 0 Å². The average Bonchev–Trinajstić information content (AvgIpc) is 3.02. The maximum Gasteiger partial charge on any atom is 0.129 e. The molecule has 1 saturated heterocycles. The molecule has 0 saturated carbocycles. The summed E-state index contributed by atoms with van der Waals surface area (Å²) in [4.78, 5) is 0. The SMILES string of the molecule is OC[C@@H]1O[C@H](COCc2ccccc2)[C@](O)(Cc2ccccc2)[C@@]1(O)Cc1ccccc1. The van der Waals surface area contributed by atoms with Gasteiger partial charge in [-0.1, -0.05) is 91.0 Å². The summed E-state index contributed by atoms with van der Waals surface area (Å²) in [5, 5.41) is 34.0. The first-order valence-corrected chi connectivity index (χ1v) is 11.0. The van der Waals surface area contributed by atoms with Crippen molar-refractivity contribution >= 4 is 0 Å². The number of hydrogen-bond donors (Lipinski definition) is 3. The molecule has 3 aromatic rings. The van der Waals surface area contributed by atoms with Crippen molar-refractivity contribution in [2.24, 2.45) is 0 Å². The van der Waals surface area contributed by atoms with Gasteiger partial charge < -0.3 is 24.8 Å². The van der Waals surface area contributed by atoms with Crippen molar-refractivity contribution < 1.29 is 24.8 Å². The monoisotopic (exact) mass is 434 g/mol. The van der Waals surface area contributed by atoms with Gasteiger partial charge in [0.25, 0.3) is 0 Å². The maximum absolute atomic E-state index is 12.0. The Morgan fingerprint density at radius 3 is 1.56 bits per heavy atom. The Kier molecular flexibility index (Phi) is 7.04. The van der Waals surface area contributed by atoms with E-state index in [-0.39, 0.29) is 19.4 Å². The zero-order valence-electron chi connectivity index (χ0n) is 18.0. The van der Waals surface area contributed by atoms with Gasteiger partial charge in [0.05, 0.1) is 19.8 Å². The van der Waals surface area contributed by atoms with Crippen LogP contribution in [0.5, 0.6) is 0 Å². The van der Waals surface area contributed by atoms with Crippen molar-refractivity contribution in [3.05, 3.63) is 108 Å². The first-order valence-electron chi connectivity index (χ1n) is 11.0. The predicted octanol–water partition coefficient (Wildman–Crippen LogP) is 2.91. The maximum atomic E-state index is 12.0. The van der Waals surface area contributed by atoms with Gasteiger partial charge in [0.1, 0.15) is 23.4 Å². The molecule has 0 aliphatic carbocycles. The summed E-state index contributed by atoms with van der Waals surface area (Å²) < 4.78 is 11.9. The van der Waals surface area contributed by atoms with Crippen LogP contribution in [0.2, 0.25) is 0 Å². The molecule has 1 aliphatic heterocycles. The second kappa shape index (κ2) is 9.94. The highest BCUT2D eigenvalue weighted by molar-refractivity contribution is 5.28. The molecule has 1 aliphatic rings. The van der Waals surface area contributed by atoms with Crippen molar-refractivity contribution in [3.8, 4) is 0 Å². The average molecular weight is 435 g/mol. The highest BCUT2D eigenvalue weighted by Crippen LogP contribution is 2.44. The Morgan fingerprint density at radius 1 is 0.656 bits per heavy atom. The normalized spacial score (nSPS) is 27.5. The minimum absolute atomic E-state index is 0.0891. The second-order valence-electron chi connectivity index (χ2n) is 8.47. The third-order valence-corrected chi connectivity index (χ3v) is 6.32. The lowest BCUT2D eigenvalue weighted by Crippen LogP contribution is -2.62. The minimum Gasteiger partial charge on any atom is -0.394 e. The van der Waals surface area contributed by atoms with E-state index in [1.807, 2.05) is 91.0 Å². The highest BCUT2D eigenvalue weighted by Gasteiger charge is 2.65. The summed E-state index contributed by atoms with van der Waals surface area (Å²) in [6, 6.07) is 28.8. The predicted molar refractivity (Wildman–Crippen MR) is 122 cm³/mol. The Bertz CT molecular complexity index is 965. The van der Waals surface area contributed by atoms with Gasteiger partial charge in [0, 0.05) is 12.8 Å². The van der Waals surface area contributed by atoms with Gasteiger partial charge in [-0.15, -0.1) is 0 Å². The van der Waals surface area contributed by atoms with E-state index in [1.165, 1.54) is 0 Å². The van der Waals surface area contributed by atoms with E-state index < -0.39 is 30.0 Å². The highest BCUT2D eigenvalue weighted by atomic mass is 16.6. The molecule has 5 heteroatoms. The molecule has 0 unspecified atom stereocenters. The van der Waals surface area contributed by atoms with E-state index in [2.05, 4.69) is 0 Å². The molecule has 5 nitrogen and oxygen atoms in total. The summed E-state index contributed by atoms with van der Waals surface area (Å²) in [6.07, 6.45) is -1.43. The standard InChI is InChI=1S/C27H30O5/c28-18-24-26(29,16-21-10-4-1-5-11-21)27(30,17-22-12-6-2-7-13-22)25(32-24)20-31-19-23-14-8-3-9-15-23/h1-15,24-25,28-30H,16-20H2/t24-,25+,26+,27+/m0/s1. The molecule has 3 aromatic carbocycles. The lowest BCUT2D eigenvalue weighted by molar-refractivity contribution is -0.152. The van der Waals surface area contributed by atoms with Crippen LogP contribution in [-0.2, 0) is 28.9 Å². The first-order chi connectivity index (χ1) is 15.5. The van der Waals surface area contributed by atoms with Crippen LogP contribution < -0.4 is 0 Å². The largest absolute Gasteiger partial charge is 0.394 e. The molecule has 0 bridgehead atoms. The van der Waals surface area contributed by atoms with Gasteiger partial charge in [-0.25, -0.2) is 0 Å². The van der Waals surface area contributed by atoms with Gasteiger partial charge in [-0.2, -0.15) is 0 Å². The van der Waals surface area contributed by atoms with Crippen LogP contribution >= 0.6 is 0 Å². The third kappa shape index (κ3) is 4.63. The Balaban J connectivity index is 1.61. The van der Waals surface area contributed by atoms with Crippen LogP contribution in [0.15, 0.2) is 91.0 Å². The lowest BCUT2D eigenvalue weighted by atomic mass is 9.71. The molecule has 168 valence electrons. The van der Waals surface area contributed by atoms with Crippen LogP contribution in [0.3, 0.4) is 0 Å². The summed E-state index contributed by atoms with van der Waals surface area (Å²) in [7, 11) is 0. The number of hydrogen-bond acceptors (Lipinski definition) is 5. The topological polar surface area (TPSA) is 79.2 Å². The van der Waals surface area contributed by atoms with Crippen LogP contribution in [0.4, 0.5) is 0 Å². The van der Waals surface area contributed by atoms with E-state index in [0.29, 0.717) is 6.61 Å². The first kappa shape index (κ1) is 22.6. The molecule has 0 radical (unpaired) electrons. The van der Waals surface area contributed by atoms with E-state index in [1.54, 1.807) is 0 Å². The smallest absolute Gasteiger partial charge is 0.129 e. The lowest BCUT2D eigenvalue weighted by Gasteiger charge is -2.41. The number of aliphatic hydroxyl groups excluding tert-OH is 1. The van der Waals surface area contributed by atoms with Crippen LogP contribution in [0, 0.1) is 0 Å². The van der Waals surface area contributed by atoms with Crippen LogP contribution in [-0.4, -0.2) is 51.9 Å². The fourth-order valence-corrected chi connectivity index (χ4v) is 4.56. The molecular weight excluding hydrogens is 404 g/mol. The van der Waals surface area contributed by atoms with Gasteiger partial charge >= 0.3 is 0 Å². The molecule has 32 heavy (non-hydrogen) atoms. The van der Waals surface area contributed by atoms with Crippen molar-refractivity contribution in [3.63, 3.8) is 0 Å². The van der Waals surface area contributed by atoms with E-state index in [9.17, 15) is 15.3 Å². The molecule has 0 spiro atoms. The molecule has 1 heterocycles.